The van der Waals surface area contributed by atoms with Crippen molar-refractivity contribution in [3.05, 3.63) is 0 Å². The van der Waals surface area contributed by atoms with E-state index in [0.29, 0.717) is 20.4 Å². The topological polar surface area (TPSA) is 58.9 Å². The van der Waals surface area contributed by atoms with Crippen LogP contribution in [-0.2, 0) is 9.44 Å². The van der Waals surface area contributed by atoms with Crippen molar-refractivity contribution in [2.75, 3.05) is 13.2 Å². The minimum absolute atomic E-state index is 0.177. The maximum atomic E-state index is 10.1. The van der Waals surface area contributed by atoms with Gasteiger partial charge in [0.15, 0.2) is 0 Å². The number of hydrogen-bond donors (Lipinski definition) is 1. The third-order valence-corrected chi connectivity index (χ3v) is 2.34. The van der Waals surface area contributed by atoms with Crippen molar-refractivity contribution in [3.63, 3.8) is 0 Å². The van der Waals surface area contributed by atoms with Gasteiger partial charge in [-0.3, -0.25) is 0 Å². The molecule has 0 aromatic heterocycles. The number of aliphatic imine (C=N–C) groups is 1. The number of aliphatic hydroxyl groups is 1. The van der Waals surface area contributed by atoms with Gasteiger partial charge in [-0.25, -0.2) is 0 Å². The average Bonchev–Trinajstić information content (AvgIpc) is 2.15. The summed E-state index contributed by atoms with van der Waals surface area (Å²) in [5.74, 6) is 0.222. The molecule has 0 aromatic rings. The summed E-state index contributed by atoms with van der Waals surface area (Å²) in [4.78, 5) is 4.01. The van der Waals surface area contributed by atoms with Gasteiger partial charge >= 0.3 is 77.4 Å². The van der Waals surface area contributed by atoms with Crippen LogP contribution in [0.1, 0.15) is 13.3 Å². The van der Waals surface area contributed by atoms with Gasteiger partial charge in [0.05, 0.1) is 0 Å². The van der Waals surface area contributed by atoms with E-state index in [0.717, 1.165) is 6.42 Å². The van der Waals surface area contributed by atoms with Crippen molar-refractivity contribution in [2.45, 2.75) is 25.5 Å². The molecule has 5 heteroatoms. The molecule has 1 aliphatic rings. The first-order chi connectivity index (χ1) is 6.29. The number of ether oxygens (including phenoxy) is 1. The summed E-state index contributed by atoms with van der Waals surface area (Å²) in [6, 6.07) is -0.177. The van der Waals surface area contributed by atoms with Gasteiger partial charge in [0.1, 0.15) is 0 Å². The van der Waals surface area contributed by atoms with E-state index in [1.54, 1.807) is 0 Å². The van der Waals surface area contributed by atoms with Crippen molar-refractivity contribution < 1.29 is 14.5 Å². The van der Waals surface area contributed by atoms with Crippen molar-refractivity contribution in [1.29, 1.82) is 0 Å². The molecule has 0 amide bonds. The second-order valence-corrected chi connectivity index (χ2v) is 3.20. The van der Waals surface area contributed by atoms with E-state index in [-0.39, 0.29) is 12.0 Å². The van der Waals surface area contributed by atoms with Crippen LogP contribution in [0.5, 0.6) is 0 Å². The number of hydrogen-bond acceptors (Lipinski definition) is 4. The molecule has 3 atom stereocenters. The monoisotopic (exact) mass is 183 g/mol. The molecule has 4 nitrogen and oxygen atoms in total. The molecule has 1 rings (SSSR count). The van der Waals surface area contributed by atoms with Crippen LogP contribution in [0.25, 0.3) is 0 Å². The van der Waals surface area contributed by atoms with Crippen LogP contribution in [-0.4, -0.2) is 43.7 Å². The first-order valence-electron chi connectivity index (χ1n) is 4.52. The molecule has 0 spiro atoms. The van der Waals surface area contributed by atoms with Crippen LogP contribution in [0, 0.1) is 5.92 Å². The molecule has 3 unspecified atom stereocenters. The summed E-state index contributed by atoms with van der Waals surface area (Å²) in [5, 5.41) is 9.54. The van der Waals surface area contributed by atoms with E-state index >= 15 is 0 Å². The summed E-state index contributed by atoms with van der Waals surface area (Å²) < 4.78 is 15.3. The summed E-state index contributed by atoms with van der Waals surface area (Å²) >= 11 is 0. The maximum absolute atomic E-state index is 10.1. The minimum atomic E-state index is -0.574. The fraction of sp³-hybridized carbons (Fsp3) is 0.875. The normalized spacial score (nSPS) is 34.8. The predicted octanol–water partition coefficient (Wildman–Crippen LogP) is -0.150. The fourth-order valence-corrected chi connectivity index (χ4v) is 1.57. The van der Waals surface area contributed by atoms with Crippen LogP contribution in [0.3, 0.4) is 0 Å². The standard InChI is InChI=1S/C8H14BNO3/c1-2-6-3-13-4-7(11)8(6)10-5-9-12/h5-8,11H,2-4H2,1H3. The zero-order valence-corrected chi connectivity index (χ0v) is 7.72. The molecule has 72 valence electrons. The van der Waals surface area contributed by atoms with E-state index in [1.807, 2.05) is 6.92 Å². The fourth-order valence-electron chi connectivity index (χ4n) is 1.57. The molecule has 0 radical (unpaired) electrons. The number of rotatable bonds is 3. The van der Waals surface area contributed by atoms with Gasteiger partial charge < -0.3 is 0 Å². The first-order valence-corrected chi connectivity index (χ1v) is 4.52. The third kappa shape index (κ3) is 2.71. The van der Waals surface area contributed by atoms with Gasteiger partial charge in [0.2, 0.25) is 0 Å². The van der Waals surface area contributed by atoms with Crippen LogP contribution in [0.2, 0.25) is 0 Å². The van der Waals surface area contributed by atoms with Crippen molar-refractivity contribution >= 4 is 13.3 Å². The van der Waals surface area contributed by atoms with E-state index in [9.17, 15) is 9.81 Å². The molecule has 1 saturated heterocycles. The van der Waals surface area contributed by atoms with Gasteiger partial charge in [-0.15, -0.1) is 0 Å². The average molecular weight is 183 g/mol. The van der Waals surface area contributed by atoms with Crippen LogP contribution >= 0.6 is 0 Å². The van der Waals surface area contributed by atoms with Gasteiger partial charge in [-0.2, -0.15) is 0 Å². The predicted molar refractivity (Wildman–Crippen MR) is 49.3 cm³/mol. The summed E-state index contributed by atoms with van der Waals surface area (Å²) in [6.07, 6.45) is 1.54. The molecule has 0 aromatic carbocycles. The van der Waals surface area contributed by atoms with Crippen LogP contribution in [0.4, 0.5) is 0 Å². The van der Waals surface area contributed by atoms with Gasteiger partial charge in [-0.1, -0.05) is 0 Å². The Kier molecular flexibility index (Phi) is 4.25. The Morgan fingerprint density at radius 3 is 3.08 bits per heavy atom. The number of nitrogens with zero attached hydrogens (tertiary/aromatic N) is 1. The molecule has 1 heterocycles. The molecule has 0 saturated carbocycles. The Hall–Kier alpha value is -0.545. The SMILES string of the molecule is CCC1COCC(O)C1N=CB=O. The molecular weight excluding hydrogens is 169 g/mol. The summed E-state index contributed by atoms with van der Waals surface area (Å²) in [5.41, 5.74) is 0. The molecule has 0 bridgehead atoms. The van der Waals surface area contributed by atoms with E-state index in [4.69, 9.17) is 4.74 Å². The second-order valence-electron chi connectivity index (χ2n) is 3.20. The summed E-state index contributed by atoms with van der Waals surface area (Å²) in [7, 11) is 0.634. The van der Waals surface area contributed by atoms with Crippen LogP contribution in [0.15, 0.2) is 4.99 Å². The quantitative estimate of drug-likeness (QED) is 0.488. The molecule has 0 aliphatic carbocycles. The van der Waals surface area contributed by atoms with Crippen molar-refractivity contribution in [3.8, 4) is 0 Å². The second kappa shape index (κ2) is 5.24. The molecule has 1 aliphatic heterocycles. The van der Waals surface area contributed by atoms with Crippen LogP contribution < -0.4 is 0 Å². The van der Waals surface area contributed by atoms with E-state index < -0.39 is 6.10 Å². The zero-order chi connectivity index (χ0) is 9.68. The number of aliphatic hydroxyl groups excluding tert-OH is 1. The molecule has 13 heavy (non-hydrogen) atoms. The molecule has 1 N–H and O–H groups in total. The van der Waals surface area contributed by atoms with Gasteiger partial charge in [0.25, 0.3) is 0 Å². The Labute approximate surface area is 78.3 Å². The van der Waals surface area contributed by atoms with Gasteiger partial charge in [0, 0.05) is 0 Å². The summed E-state index contributed by atoms with van der Waals surface area (Å²) in [6.45, 7) is 2.96. The Morgan fingerprint density at radius 1 is 1.69 bits per heavy atom. The Morgan fingerprint density at radius 2 is 2.46 bits per heavy atom. The zero-order valence-electron chi connectivity index (χ0n) is 7.72. The first kappa shape index (κ1) is 10.5. The third-order valence-electron chi connectivity index (χ3n) is 2.34. The van der Waals surface area contributed by atoms with E-state index in [1.165, 1.54) is 6.11 Å². The van der Waals surface area contributed by atoms with Crippen molar-refractivity contribution in [1.82, 2.24) is 0 Å². The Bertz CT molecular complexity index is 198. The van der Waals surface area contributed by atoms with Crippen molar-refractivity contribution in [2.24, 2.45) is 10.9 Å². The molecular formula is C8H14BNO3. The van der Waals surface area contributed by atoms with Gasteiger partial charge in [-0.05, 0) is 0 Å². The molecule has 1 fully saturated rings. The Balaban J connectivity index is 2.61. The van der Waals surface area contributed by atoms with E-state index in [2.05, 4.69) is 4.99 Å².